The number of amides is 1. The van der Waals surface area contributed by atoms with Crippen LogP contribution in [-0.4, -0.2) is 41.9 Å². The van der Waals surface area contributed by atoms with Gasteiger partial charge in [-0.25, -0.2) is 4.79 Å². The highest BCUT2D eigenvalue weighted by Gasteiger charge is 2.49. The van der Waals surface area contributed by atoms with Gasteiger partial charge in [0.2, 0.25) is 0 Å². The zero-order chi connectivity index (χ0) is 24.9. The number of hydrogen-bond donors (Lipinski definition) is 1. The lowest BCUT2D eigenvalue weighted by Crippen LogP contribution is -2.59. The van der Waals surface area contributed by atoms with Gasteiger partial charge in [-0.3, -0.25) is 0 Å². The lowest BCUT2D eigenvalue weighted by Gasteiger charge is -2.51. The summed E-state index contributed by atoms with van der Waals surface area (Å²) in [4.78, 5) is 15.4. The molecule has 36 heavy (non-hydrogen) atoms. The molecule has 5 heteroatoms. The summed E-state index contributed by atoms with van der Waals surface area (Å²) < 4.78 is 11.5. The third-order valence-electron chi connectivity index (χ3n) is 8.38. The Kier molecular flexibility index (Phi) is 5.76. The Morgan fingerprint density at radius 3 is 2.19 bits per heavy atom. The molecule has 2 atom stereocenters. The summed E-state index contributed by atoms with van der Waals surface area (Å²) in [7, 11) is 1.65. The summed E-state index contributed by atoms with van der Waals surface area (Å²) in [6.07, 6.45) is 3.60. The highest BCUT2D eigenvalue weighted by Crippen LogP contribution is 2.47. The first-order valence-corrected chi connectivity index (χ1v) is 13.0. The number of hydrogen-bond acceptors (Lipinski definition) is 4. The molecule has 3 aromatic carbocycles. The number of piperidine rings is 2. The second-order valence-electron chi connectivity index (χ2n) is 10.6. The Labute approximate surface area is 212 Å². The predicted molar refractivity (Wildman–Crippen MR) is 139 cm³/mol. The Morgan fingerprint density at radius 1 is 0.972 bits per heavy atom. The number of ether oxygens (including phenoxy) is 2. The Bertz CT molecular complexity index is 1240. The van der Waals surface area contributed by atoms with Crippen LogP contribution in [0.3, 0.4) is 0 Å². The van der Waals surface area contributed by atoms with Crippen molar-refractivity contribution in [2.45, 2.75) is 62.6 Å². The quantitative estimate of drug-likeness (QED) is 0.483. The summed E-state index contributed by atoms with van der Waals surface area (Å²) in [5.41, 5.74) is 5.84. The molecule has 0 saturated carbocycles. The van der Waals surface area contributed by atoms with Gasteiger partial charge in [0.05, 0.1) is 12.7 Å². The van der Waals surface area contributed by atoms with Crippen LogP contribution in [0.1, 0.15) is 60.3 Å². The molecule has 6 rings (SSSR count). The molecule has 2 bridgehead atoms. The Balaban J connectivity index is 1.21. The maximum Gasteiger partial charge on any atom is 0.410 e. The van der Waals surface area contributed by atoms with Crippen molar-refractivity contribution in [1.82, 2.24) is 4.90 Å². The fourth-order valence-corrected chi connectivity index (χ4v) is 6.77. The average molecular weight is 484 g/mol. The Hall–Kier alpha value is -3.31. The normalized spacial score (nSPS) is 24.7. The van der Waals surface area contributed by atoms with Crippen LogP contribution in [0.5, 0.6) is 5.75 Å². The summed E-state index contributed by atoms with van der Waals surface area (Å²) in [6, 6.07) is 22.7. The molecule has 1 amide bonds. The van der Waals surface area contributed by atoms with Crippen LogP contribution in [0.15, 0.2) is 66.7 Å². The van der Waals surface area contributed by atoms with Crippen molar-refractivity contribution in [3.63, 3.8) is 0 Å². The Morgan fingerprint density at radius 2 is 1.58 bits per heavy atom. The summed E-state index contributed by atoms with van der Waals surface area (Å²) >= 11 is 0. The molecule has 2 heterocycles. The van der Waals surface area contributed by atoms with Crippen LogP contribution in [0, 0.1) is 6.92 Å². The first-order chi connectivity index (χ1) is 17.5. The minimum Gasteiger partial charge on any atom is -0.497 e. The SMILES string of the molecule is COc1cc(C)cc(C2(O)CC3CCCC(C2)N3C(=O)OCC2c3ccccc3-c3ccccc32)c1. The van der Waals surface area contributed by atoms with Crippen molar-refractivity contribution in [2.24, 2.45) is 0 Å². The van der Waals surface area contributed by atoms with Crippen molar-refractivity contribution in [1.29, 1.82) is 0 Å². The monoisotopic (exact) mass is 483 g/mol. The van der Waals surface area contributed by atoms with E-state index in [1.54, 1.807) is 7.11 Å². The molecule has 186 valence electrons. The second kappa shape index (κ2) is 8.97. The first kappa shape index (κ1) is 23.1. The van der Waals surface area contributed by atoms with Gasteiger partial charge in [-0.05, 0) is 71.7 Å². The summed E-state index contributed by atoms with van der Waals surface area (Å²) in [6.45, 7) is 2.34. The number of methoxy groups -OCH3 is 1. The van der Waals surface area contributed by atoms with Crippen molar-refractivity contribution < 1.29 is 19.4 Å². The van der Waals surface area contributed by atoms with Gasteiger partial charge in [0.15, 0.2) is 0 Å². The zero-order valence-electron chi connectivity index (χ0n) is 20.9. The van der Waals surface area contributed by atoms with E-state index in [1.165, 1.54) is 22.3 Å². The molecule has 3 aromatic rings. The third-order valence-corrected chi connectivity index (χ3v) is 8.38. The van der Waals surface area contributed by atoms with E-state index >= 15 is 0 Å². The van der Waals surface area contributed by atoms with Crippen LogP contribution < -0.4 is 4.74 Å². The molecule has 2 fully saturated rings. The number of carbonyl (C=O) groups excluding carboxylic acids is 1. The lowest BCUT2D eigenvalue weighted by atomic mass is 9.72. The van der Waals surface area contributed by atoms with Crippen LogP contribution in [0.4, 0.5) is 4.79 Å². The largest absolute Gasteiger partial charge is 0.497 e. The number of aliphatic hydroxyl groups is 1. The molecular weight excluding hydrogens is 450 g/mol. The molecule has 2 aliphatic heterocycles. The summed E-state index contributed by atoms with van der Waals surface area (Å²) in [5, 5.41) is 11.8. The molecule has 2 unspecified atom stereocenters. The molecule has 1 N–H and O–H groups in total. The molecule has 1 aliphatic carbocycles. The van der Waals surface area contributed by atoms with E-state index in [1.807, 2.05) is 30.0 Å². The van der Waals surface area contributed by atoms with Crippen LogP contribution in [0.2, 0.25) is 0 Å². The van der Waals surface area contributed by atoms with Crippen LogP contribution in [-0.2, 0) is 10.3 Å². The average Bonchev–Trinajstić information content (AvgIpc) is 3.20. The van der Waals surface area contributed by atoms with Gasteiger partial charge in [0.25, 0.3) is 0 Å². The van der Waals surface area contributed by atoms with E-state index in [0.29, 0.717) is 19.4 Å². The maximum atomic E-state index is 13.5. The van der Waals surface area contributed by atoms with Gasteiger partial charge in [0.1, 0.15) is 12.4 Å². The van der Waals surface area contributed by atoms with Crippen molar-refractivity contribution >= 4 is 6.09 Å². The number of nitrogens with zero attached hydrogens (tertiary/aromatic N) is 1. The predicted octanol–water partition coefficient (Wildman–Crippen LogP) is 6.16. The standard InChI is InChI=1S/C31H33NO4/c1-20-14-21(16-24(15-20)35-2)31(34)17-22-8-7-9-23(18-31)32(22)30(33)36-19-29-27-12-5-3-10-25(27)26-11-4-6-13-28(26)29/h3-6,10-16,22-23,29,34H,7-9,17-19H2,1-2H3. The fourth-order valence-electron chi connectivity index (χ4n) is 6.77. The molecule has 3 aliphatic rings. The van der Waals surface area contributed by atoms with Gasteiger partial charge in [0, 0.05) is 30.8 Å². The van der Waals surface area contributed by atoms with E-state index in [0.717, 1.165) is 36.1 Å². The molecule has 0 aromatic heterocycles. The van der Waals surface area contributed by atoms with Gasteiger partial charge in [-0.15, -0.1) is 0 Å². The van der Waals surface area contributed by atoms with Gasteiger partial charge in [-0.2, -0.15) is 0 Å². The lowest BCUT2D eigenvalue weighted by molar-refractivity contribution is -0.0892. The molecule has 5 nitrogen and oxygen atoms in total. The number of rotatable bonds is 4. The zero-order valence-corrected chi connectivity index (χ0v) is 20.9. The number of fused-ring (bicyclic) bond motifs is 5. The van der Waals surface area contributed by atoms with Gasteiger partial charge >= 0.3 is 6.09 Å². The number of benzene rings is 3. The fraction of sp³-hybridized carbons (Fsp3) is 0.387. The smallest absolute Gasteiger partial charge is 0.410 e. The molecule has 0 spiro atoms. The highest BCUT2D eigenvalue weighted by atomic mass is 16.6. The molecular formula is C31H33NO4. The second-order valence-corrected chi connectivity index (χ2v) is 10.6. The number of aryl methyl sites for hydroxylation is 1. The highest BCUT2D eigenvalue weighted by molar-refractivity contribution is 5.79. The van der Waals surface area contributed by atoms with Crippen molar-refractivity contribution in [3.05, 3.63) is 89.0 Å². The van der Waals surface area contributed by atoms with E-state index in [2.05, 4.69) is 48.5 Å². The van der Waals surface area contributed by atoms with E-state index < -0.39 is 5.60 Å². The van der Waals surface area contributed by atoms with Crippen molar-refractivity contribution in [2.75, 3.05) is 13.7 Å². The van der Waals surface area contributed by atoms with Crippen molar-refractivity contribution in [3.8, 4) is 16.9 Å². The number of carbonyl (C=O) groups is 1. The minimum atomic E-state index is -0.977. The first-order valence-electron chi connectivity index (χ1n) is 13.0. The topological polar surface area (TPSA) is 59.0 Å². The van der Waals surface area contributed by atoms with Gasteiger partial charge in [-0.1, -0.05) is 54.6 Å². The van der Waals surface area contributed by atoms with E-state index in [4.69, 9.17) is 9.47 Å². The van der Waals surface area contributed by atoms with E-state index in [-0.39, 0.29) is 24.1 Å². The minimum absolute atomic E-state index is 0.0374. The maximum absolute atomic E-state index is 13.5. The third kappa shape index (κ3) is 3.86. The van der Waals surface area contributed by atoms with Crippen LogP contribution in [0.25, 0.3) is 11.1 Å². The van der Waals surface area contributed by atoms with Crippen LogP contribution >= 0.6 is 0 Å². The molecule has 0 radical (unpaired) electrons. The molecule has 2 saturated heterocycles. The summed E-state index contributed by atoms with van der Waals surface area (Å²) in [5.74, 6) is 0.797. The van der Waals surface area contributed by atoms with E-state index in [9.17, 15) is 9.90 Å². The van der Waals surface area contributed by atoms with Gasteiger partial charge < -0.3 is 19.5 Å².